The summed E-state index contributed by atoms with van der Waals surface area (Å²) in [5.41, 5.74) is 5.53. The summed E-state index contributed by atoms with van der Waals surface area (Å²) in [5.74, 6) is 1.34. The van der Waals surface area contributed by atoms with Gasteiger partial charge in [-0.05, 0) is 123 Å². The lowest BCUT2D eigenvalue weighted by atomic mass is 9.55. The van der Waals surface area contributed by atoms with Crippen molar-refractivity contribution in [3.05, 3.63) is 101 Å². The van der Waals surface area contributed by atoms with Crippen molar-refractivity contribution < 1.29 is 43.5 Å². The average molecular weight is 795 g/mol. The molecule has 0 aromatic heterocycles. The van der Waals surface area contributed by atoms with Crippen LogP contribution in [0.4, 0.5) is 0 Å². The summed E-state index contributed by atoms with van der Waals surface area (Å²) in [4.78, 5) is 22.4. The Hall–Kier alpha value is -4.84. The highest BCUT2D eigenvalue weighted by Gasteiger charge is 2.65. The number of rotatable bonds is 18. The molecule has 1 amide bonds. The van der Waals surface area contributed by atoms with Crippen molar-refractivity contribution in [3.63, 3.8) is 0 Å². The molecule has 0 radical (unpaired) electrons. The minimum atomic E-state index is -1.35. The van der Waals surface area contributed by atoms with Gasteiger partial charge in [-0.2, -0.15) is 0 Å². The summed E-state index contributed by atoms with van der Waals surface area (Å²) < 4.78 is 32.3. The highest BCUT2D eigenvalue weighted by atomic mass is 16.7. The van der Waals surface area contributed by atoms with E-state index in [2.05, 4.69) is 51.6 Å². The summed E-state index contributed by atoms with van der Waals surface area (Å²) >= 11 is 0. The SMILES string of the molecule is C=CCOC12Oc3ccc(Oc4ccc(C)c(C)c4)cc3C3C(CCCCO)C(CCCCO)C=C(C(=NOC)CC1N(CCC)C(=O)c1ccc4c(c1)OCO4)C32. The Labute approximate surface area is 342 Å². The van der Waals surface area contributed by atoms with E-state index in [4.69, 9.17) is 33.7 Å². The molecule has 7 rings (SSSR count). The summed E-state index contributed by atoms with van der Waals surface area (Å²) in [6, 6.07) is 16.8. The number of nitrogens with zero attached hydrogens (tertiary/aromatic N) is 2. The average Bonchev–Trinajstić information content (AvgIpc) is 3.71. The second-order valence-electron chi connectivity index (χ2n) is 15.9. The maximum atomic E-state index is 14.9. The lowest BCUT2D eigenvalue weighted by molar-refractivity contribution is -0.254. The molecule has 3 aromatic carbocycles. The predicted molar refractivity (Wildman–Crippen MR) is 222 cm³/mol. The van der Waals surface area contributed by atoms with Crippen LogP contribution in [0.3, 0.4) is 0 Å². The molecule has 11 heteroatoms. The Morgan fingerprint density at radius 3 is 2.43 bits per heavy atom. The van der Waals surface area contributed by atoms with Crippen LogP contribution in [0.1, 0.15) is 91.3 Å². The van der Waals surface area contributed by atoms with Gasteiger partial charge in [0, 0.05) is 43.2 Å². The number of aliphatic hydroxyl groups excluding tert-OH is 2. The number of aliphatic hydroxyl groups is 2. The van der Waals surface area contributed by atoms with Crippen LogP contribution in [0.2, 0.25) is 0 Å². The van der Waals surface area contributed by atoms with E-state index < -0.39 is 17.7 Å². The van der Waals surface area contributed by atoms with E-state index in [0.29, 0.717) is 60.8 Å². The van der Waals surface area contributed by atoms with E-state index >= 15 is 0 Å². The highest BCUT2D eigenvalue weighted by molar-refractivity contribution is 6.03. The Balaban J connectivity index is 1.43. The van der Waals surface area contributed by atoms with Crippen LogP contribution >= 0.6 is 0 Å². The molecule has 0 bridgehead atoms. The number of unbranched alkanes of at least 4 members (excludes halogenated alkanes) is 2. The number of carbonyl (C=O) groups excluding carboxylic acids is 1. The van der Waals surface area contributed by atoms with Crippen LogP contribution < -0.4 is 18.9 Å². The van der Waals surface area contributed by atoms with E-state index in [-0.39, 0.29) is 50.3 Å². The van der Waals surface area contributed by atoms with Crippen molar-refractivity contribution in [2.24, 2.45) is 22.9 Å². The standard InChI is InChI=1S/C47H58N2O9/c1-6-20-49(46(52)33-15-18-41-42(26-33)55-29-54-41)43-28-39(48-53-5)37-25-32(12-8-10-21-50)36(13-9-11-22-51)44-38-27-35(57-34-16-14-30(3)31(4)24-34)17-19-40(38)58-47(43,45(37)44)56-23-7-2/h7,14-19,24-27,32,36,43-45,50-51H,2,6,8-13,20-23,28-29H2,1,3-5H3. The van der Waals surface area contributed by atoms with Crippen molar-refractivity contribution in [2.45, 2.75) is 89.9 Å². The molecule has 4 aliphatic rings. The van der Waals surface area contributed by atoms with Gasteiger partial charge >= 0.3 is 0 Å². The second kappa shape index (κ2) is 18.4. The Kier molecular flexibility index (Phi) is 13.1. The fourth-order valence-corrected chi connectivity index (χ4v) is 9.57. The monoisotopic (exact) mass is 794 g/mol. The zero-order valence-corrected chi connectivity index (χ0v) is 34.3. The van der Waals surface area contributed by atoms with E-state index in [9.17, 15) is 15.0 Å². The molecule has 2 heterocycles. The fourth-order valence-electron chi connectivity index (χ4n) is 9.57. The maximum absolute atomic E-state index is 14.9. The molecule has 6 atom stereocenters. The molecule has 310 valence electrons. The summed E-state index contributed by atoms with van der Waals surface area (Å²) in [6.07, 6.45) is 9.83. The first-order valence-corrected chi connectivity index (χ1v) is 20.8. The number of hydrogen-bond donors (Lipinski definition) is 2. The molecular formula is C47H58N2O9. The Morgan fingerprint density at radius 2 is 1.69 bits per heavy atom. The molecule has 6 unspecified atom stereocenters. The molecule has 11 nitrogen and oxygen atoms in total. The normalized spacial score (nSPS) is 24.6. The molecule has 2 aliphatic carbocycles. The van der Waals surface area contributed by atoms with Crippen molar-refractivity contribution in [1.29, 1.82) is 0 Å². The number of allylic oxidation sites excluding steroid dienone is 1. The van der Waals surface area contributed by atoms with Crippen LogP contribution in [-0.2, 0) is 9.57 Å². The first-order chi connectivity index (χ1) is 28.3. The van der Waals surface area contributed by atoms with Crippen LogP contribution in [-0.4, -0.2) is 78.8 Å². The van der Waals surface area contributed by atoms with Crippen LogP contribution in [0.5, 0.6) is 28.7 Å². The second-order valence-corrected chi connectivity index (χ2v) is 15.9. The number of benzene rings is 3. The highest BCUT2D eigenvalue weighted by Crippen LogP contribution is 2.62. The van der Waals surface area contributed by atoms with Gasteiger partial charge in [-0.1, -0.05) is 43.1 Å². The smallest absolute Gasteiger partial charge is 0.254 e. The topological polar surface area (TPSA) is 129 Å². The number of oxime groups is 1. The van der Waals surface area contributed by atoms with Crippen molar-refractivity contribution >= 4 is 11.6 Å². The number of aryl methyl sites for hydroxylation is 2. The van der Waals surface area contributed by atoms with Gasteiger partial charge in [0.15, 0.2) is 11.5 Å². The predicted octanol–water partition coefficient (Wildman–Crippen LogP) is 8.64. The minimum absolute atomic E-state index is 0.0944. The Bertz CT molecular complexity index is 2010. The summed E-state index contributed by atoms with van der Waals surface area (Å²) in [6.45, 7) is 11.2. The van der Waals surface area contributed by atoms with E-state index in [0.717, 1.165) is 53.8 Å². The van der Waals surface area contributed by atoms with Gasteiger partial charge in [-0.3, -0.25) is 4.79 Å². The van der Waals surface area contributed by atoms with Gasteiger partial charge in [-0.25, -0.2) is 0 Å². The van der Waals surface area contributed by atoms with Gasteiger partial charge in [0.05, 0.1) is 18.2 Å². The first kappa shape index (κ1) is 41.3. The van der Waals surface area contributed by atoms with Crippen LogP contribution in [0, 0.1) is 31.6 Å². The fraction of sp³-hybridized carbons (Fsp3) is 0.489. The first-order valence-electron chi connectivity index (χ1n) is 20.8. The van der Waals surface area contributed by atoms with E-state index in [1.54, 1.807) is 31.4 Å². The molecular weight excluding hydrogens is 737 g/mol. The number of hydrogen-bond acceptors (Lipinski definition) is 10. The van der Waals surface area contributed by atoms with E-state index in [1.165, 1.54) is 5.56 Å². The zero-order chi connectivity index (χ0) is 40.8. The van der Waals surface area contributed by atoms with Crippen LogP contribution in [0.25, 0.3) is 0 Å². The molecule has 58 heavy (non-hydrogen) atoms. The third-order valence-corrected chi connectivity index (χ3v) is 12.3. The van der Waals surface area contributed by atoms with Crippen molar-refractivity contribution in [2.75, 3.05) is 40.3 Å². The molecule has 2 N–H and O–H groups in total. The van der Waals surface area contributed by atoms with Crippen LogP contribution in [0.15, 0.2) is 84.1 Å². The summed E-state index contributed by atoms with van der Waals surface area (Å²) in [5, 5.41) is 24.5. The third-order valence-electron chi connectivity index (χ3n) is 12.3. The van der Waals surface area contributed by atoms with Gasteiger partial charge in [-0.15, -0.1) is 6.58 Å². The molecule has 0 spiro atoms. The molecule has 1 saturated carbocycles. The third kappa shape index (κ3) is 8.09. The number of amides is 1. The van der Waals surface area contributed by atoms with Crippen molar-refractivity contribution in [1.82, 2.24) is 4.90 Å². The number of fused-ring (bicyclic) bond motifs is 3. The largest absolute Gasteiger partial charge is 0.459 e. The maximum Gasteiger partial charge on any atom is 0.254 e. The van der Waals surface area contributed by atoms with Gasteiger partial charge in [0.25, 0.3) is 5.91 Å². The number of ether oxygens (including phenoxy) is 5. The van der Waals surface area contributed by atoms with Gasteiger partial charge in [0.2, 0.25) is 12.6 Å². The quantitative estimate of drug-likeness (QED) is 0.0739. The lowest BCUT2D eigenvalue weighted by Crippen LogP contribution is -2.70. The van der Waals surface area contributed by atoms with Gasteiger partial charge < -0.3 is 43.6 Å². The zero-order valence-electron chi connectivity index (χ0n) is 34.3. The van der Waals surface area contributed by atoms with E-state index in [1.807, 2.05) is 23.1 Å². The molecule has 3 aromatic rings. The number of carbonyl (C=O) groups is 1. The molecule has 1 fully saturated rings. The summed E-state index contributed by atoms with van der Waals surface area (Å²) in [7, 11) is 1.56. The van der Waals surface area contributed by atoms with Gasteiger partial charge in [0.1, 0.15) is 30.4 Å². The molecule has 0 saturated heterocycles. The molecule has 2 aliphatic heterocycles. The Morgan fingerprint density at radius 1 is 0.948 bits per heavy atom. The lowest BCUT2D eigenvalue weighted by Gasteiger charge is -2.60. The van der Waals surface area contributed by atoms with Crippen molar-refractivity contribution in [3.8, 4) is 28.7 Å². The minimum Gasteiger partial charge on any atom is -0.459 e.